The number of fused-ring (bicyclic) bond motifs is 3. The molecule has 7 aromatic rings. The molecule has 6 heterocycles. The summed E-state index contributed by atoms with van der Waals surface area (Å²) in [6.07, 6.45) is 12.7. The molecule has 0 radical (unpaired) electrons. The Morgan fingerprint density at radius 1 is 0.303 bits per heavy atom. The standard InChI is InChI=1S/C30H21N3/c1-4-28-19-22(7-13-31(28)10-1)25-16-26(23-8-14-32-11-2-5-29(32)20-23)18-27(17-25)24-9-15-33-12-3-6-30(33)21-24/h1-21H. The van der Waals surface area contributed by atoms with Gasteiger partial charge in [-0.25, -0.2) is 0 Å². The summed E-state index contributed by atoms with van der Waals surface area (Å²) in [5.74, 6) is 0. The molecule has 0 bridgehead atoms. The van der Waals surface area contributed by atoms with E-state index in [1.807, 2.05) is 0 Å². The third-order valence-corrected chi connectivity index (χ3v) is 6.52. The summed E-state index contributed by atoms with van der Waals surface area (Å²) >= 11 is 0. The fraction of sp³-hybridized carbons (Fsp3) is 0. The highest BCUT2D eigenvalue weighted by Gasteiger charge is 2.10. The zero-order valence-electron chi connectivity index (χ0n) is 18.0. The van der Waals surface area contributed by atoms with Crippen LogP contribution in [0, 0.1) is 0 Å². The third-order valence-electron chi connectivity index (χ3n) is 6.52. The molecule has 0 saturated carbocycles. The van der Waals surface area contributed by atoms with Gasteiger partial charge >= 0.3 is 0 Å². The lowest BCUT2D eigenvalue weighted by molar-refractivity contribution is 1.20. The van der Waals surface area contributed by atoms with E-state index < -0.39 is 0 Å². The Bertz CT molecular complexity index is 1560. The van der Waals surface area contributed by atoms with Crippen LogP contribution in [-0.2, 0) is 0 Å². The van der Waals surface area contributed by atoms with Gasteiger partial charge in [-0.3, -0.25) is 0 Å². The van der Waals surface area contributed by atoms with Gasteiger partial charge < -0.3 is 13.2 Å². The van der Waals surface area contributed by atoms with Gasteiger partial charge in [-0.05, 0) is 124 Å². The minimum atomic E-state index is 1.20. The van der Waals surface area contributed by atoms with Crippen LogP contribution in [0.2, 0.25) is 0 Å². The molecule has 156 valence electrons. The average molecular weight is 424 g/mol. The van der Waals surface area contributed by atoms with Crippen molar-refractivity contribution in [1.29, 1.82) is 0 Å². The number of nitrogens with zero attached hydrogens (tertiary/aromatic N) is 3. The summed E-state index contributed by atoms with van der Waals surface area (Å²) in [7, 11) is 0. The molecule has 3 heteroatoms. The highest BCUT2D eigenvalue weighted by Crippen LogP contribution is 2.34. The van der Waals surface area contributed by atoms with Crippen LogP contribution in [0.3, 0.4) is 0 Å². The Balaban J connectivity index is 1.45. The molecular formula is C30H21N3. The van der Waals surface area contributed by atoms with Crippen LogP contribution in [0.25, 0.3) is 49.9 Å². The number of pyridine rings is 3. The summed E-state index contributed by atoms with van der Waals surface area (Å²) in [4.78, 5) is 0. The van der Waals surface area contributed by atoms with Crippen molar-refractivity contribution in [2.75, 3.05) is 0 Å². The molecule has 0 aliphatic rings. The van der Waals surface area contributed by atoms with Crippen LogP contribution in [0.1, 0.15) is 0 Å². The summed E-state index contributed by atoms with van der Waals surface area (Å²) in [6.45, 7) is 0. The minimum Gasteiger partial charge on any atom is -0.324 e. The summed E-state index contributed by atoms with van der Waals surface area (Å²) in [6, 6.07) is 33.0. The first kappa shape index (κ1) is 18.1. The number of hydrogen-bond donors (Lipinski definition) is 0. The van der Waals surface area contributed by atoms with Crippen molar-refractivity contribution < 1.29 is 0 Å². The van der Waals surface area contributed by atoms with Gasteiger partial charge in [0.15, 0.2) is 0 Å². The van der Waals surface area contributed by atoms with Gasteiger partial charge in [0.1, 0.15) is 0 Å². The van der Waals surface area contributed by atoms with E-state index in [1.165, 1.54) is 49.9 Å². The molecule has 0 atom stereocenters. The van der Waals surface area contributed by atoms with E-state index in [1.54, 1.807) is 0 Å². The number of hydrogen-bond acceptors (Lipinski definition) is 0. The summed E-state index contributed by atoms with van der Waals surface area (Å²) in [5, 5.41) is 0. The predicted molar refractivity (Wildman–Crippen MR) is 136 cm³/mol. The zero-order chi connectivity index (χ0) is 21.8. The van der Waals surface area contributed by atoms with Gasteiger partial charge in [-0.2, -0.15) is 0 Å². The average Bonchev–Trinajstić information content (AvgIpc) is 3.62. The first-order chi connectivity index (χ1) is 16.3. The Morgan fingerprint density at radius 2 is 0.636 bits per heavy atom. The van der Waals surface area contributed by atoms with E-state index in [2.05, 4.69) is 141 Å². The van der Waals surface area contributed by atoms with E-state index in [0.29, 0.717) is 0 Å². The normalized spacial score (nSPS) is 11.6. The van der Waals surface area contributed by atoms with E-state index in [9.17, 15) is 0 Å². The van der Waals surface area contributed by atoms with Gasteiger partial charge in [-0.1, -0.05) is 0 Å². The topological polar surface area (TPSA) is 13.2 Å². The second-order valence-corrected chi connectivity index (χ2v) is 8.57. The van der Waals surface area contributed by atoms with E-state index in [0.717, 1.165) is 0 Å². The van der Waals surface area contributed by atoms with Crippen LogP contribution in [0.15, 0.2) is 128 Å². The Labute approximate surface area is 191 Å². The molecule has 0 aliphatic heterocycles. The fourth-order valence-electron chi connectivity index (χ4n) is 4.77. The second kappa shape index (κ2) is 7.01. The van der Waals surface area contributed by atoms with Crippen molar-refractivity contribution >= 4 is 16.6 Å². The number of rotatable bonds is 3. The smallest absolute Gasteiger partial charge is 0.0456 e. The van der Waals surface area contributed by atoms with Crippen LogP contribution in [0.4, 0.5) is 0 Å². The maximum Gasteiger partial charge on any atom is 0.0456 e. The molecule has 0 fully saturated rings. The molecule has 6 aromatic heterocycles. The molecule has 3 nitrogen and oxygen atoms in total. The molecule has 0 spiro atoms. The number of aromatic nitrogens is 3. The molecule has 0 aliphatic carbocycles. The summed E-state index contributed by atoms with van der Waals surface area (Å²) in [5.41, 5.74) is 10.9. The van der Waals surface area contributed by atoms with E-state index in [-0.39, 0.29) is 0 Å². The first-order valence-electron chi connectivity index (χ1n) is 11.2. The van der Waals surface area contributed by atoms with Gasteiger partial charge in [0, 0.05) is 53.7 Å². The SMILES string of the molecule is c1cc2cc(-c3cc(-c4ccn5cccc5c4)cc(-c4ccn5cccc5c4)c3)ccn2c1. The van der Waals surface area contributed by atoms with Crippen molar-refractivity contribution in [3.05, 3.63) is 128 Å². The van der Waals surface area contributed by atoms with Crippen molar-refractivity contribution in [2.24, 2.45) is 0 Å². The maximum atomic E-state index is 2.31. The van der Waals surface area contributed by atoms with Crippen molar-refractivity contribution in [3.8, 4) is 33.4 Å². The summed E-state index contributed by atoms with van der Waals surface area (Å²) < 4.78 is 6.44. The molecular weight excluding hydrogens is 402 g/mol. The Morgan fingerprint density at radius 3 is 0.970 bits per heavy atom. The van der Waals surface area contributed by atoms with Crippen molar-refractivity contribution in [3.63, 3.8) is 0 Å². The molecule has 0 saturated heterocycles. The van der Waals surface area contributed by atoms with Crippen LogP contribution in [-0.4, -0.2) is 13.2 Å². The van der Waals surface area contributed by atoms with Gasteiger partial charge in [0.25, 0.3) is 0 Å². The van der Waals surface area contributed by atoms with Crippen LogP contribution < -0.4 is 0 Å². The lowest BCUT2D eigenvalue weighted by Crippen LogP contribution is -1.90. The molecule has 33 heavy (non-hydrogen) atoms. The molecule has 0 N–H and O–H groups in total. The van der Waals surface area contributed by atoms with E-state index in [4.69, 9.17) is 0 Å². The monoisotopic (exact) mass is 423 g/mol. The van der Waals surface area contributed by atoms with Crippen LogP contribution in [0.5, 0.6) is 0 Å². The van der Waals surface area contributed by atoms with Crippen LogP contribution >= 0.6 is 0 Å². The third kappa shape index (κ3) is 3.06. The molecule has 7 rings (SSSR count). The van der Waals surface area contributed by atoms with Crippen molar-refractivity contribution in [1.82, 2.24) is 13.2 Å². The molecule has 0 unspecified atom stereocenters. The zero-order valence-corrected chi connectivity index (χ0v) is 18.0. The second-order valence-electron chi connectivity index (χ2n) is 8.57. The quantitative estimate of drug-likeness (QED) is 0.280. The lowest BCUT2D eigenvalue weighted by atomic mass is 9.94. The fourth-order valence-corrected chi connectivity index (χ4v) is 4.77. The van der Waals surface area contributed by atoms with Gasteiger partial charge in [0.2, 0.25) is 0 Å². The Kier molecular flexibility index (Phi) is 3.84. The largest absolute Gasteiger partial charge is 0.324 e. The molecule has 1 aromatic carbocycles. The highest BCUT2D eigenvalue weighted by molar-refractivity contribution is 5.83. The van der Waals surface area contributed by atoms with Gasteiger partial charge in [-0.15, -0.1) is 0 Å². The first-order valence-corrected chi connectivity index (χ1v) is 11.2. The minimum absolute atomic E-state index is 1.20. The van der Waals surface area contributed by atoms with Crippen molar-refractivity contribution in [2.45, 2.75) is 0 Å². The highest BCUT2D eigenvalue weighted by atomic mass is 14.9. The maximum absolute atomic E-state index is 2.31. The van der Waals surface area contributed by atoms with E-state index >= 15 is 0 Å². The number of benzene rings is 1. The predicted octanol–water partition coefficient (Wildman–Crippen LogP) is 7.45. The Hall–Kier alpha value is -4.50. The lowest BCUT2D eigenvalue weighted by Gasteiger charge is -2.12. The van der Waals surface area contributed by atoms with Gasteiger partial charge in [0.05, 0.1) is 0 Å². The molecule has 0 amide bonds.